The molecular weight excluding hydrogens is 571 g/mol. The van der Waals surface area contributed by atoms with Crippen molar-refractivity contribution in [1.82, 2.24) is 5.06 Å². The Kier molecular flexibility index (Phi) is 13.9. The van der Waals surface area contributed by atoms with Gasteiger partial charge in [0.1, 0.15) is 0 Å². The fourth-order valence-electron chi connectivity index (χ4n) is 4.11. The standard InChI is InChI=1S/C26H27N2O5S2.Li.O3S/c1-3-17-35-25(34-2)24-18-9-4-6-11-20(18)27(21-12-7-5-10-19(21)24)15-8-16-32-26(31)33-28-22(29)13-14-23(28)30;;1-4(2)3/h4-7,9-12H,1,3,8,13-17H2,2H3;;/q-1;+1;. The smallest absolute Gasteiger partial charge is 0.433 e. The van der Waals surface area contributed by atoms with Gasteiger partial charge in [0.15, 0.2) is 0 Å². The van der Waals surface area contributed by atoms with Crippen molar-refractivity contribution in [1.29, 1.82) is 0 Å². The fraction of sp³-hybridized carbons (Fsp3) is 0.308. The summed E-state index contributed by atoms with van der Waals surface area (Å²) in [5.41, 5.74) is 5.76. The van der Waals surface area contributed by atoms with Crippen molar-refractivity contribution in [2.24, 2.45) is 0 Å². The average molecular weight is 599 g/mol. The minimum Gasteiger partial charge on any atom is -0.433 e. The van der Waals surface area contributed by atoms with Gasteiger partial charge in [-0.3, -0.25) is 14.4 Å². The van der Waals surface area contributed by atoms with Gasteiger partial charge in [-0.25, -0.2) is 4.79 Å². The van der Waals surface area contributed by atoms with E-state index in [1.54, 1.807) is 11.8 Å². The third-order valence-electron chi connectivity index (χ3n) is 5.61. The predicted molar refractivity (Wildman–Crippen MR) is 150 cm³/mol. The summed E-state index contributed by atoms with van der Waals surface area (Å²) >= 11 is 3.59. The summed E-state index contributed by atoms with van der Waals surface area (Å²) in [6.45, 7) is 4.69. The summed E-state index contributed by atoms with van der Waals surface area (Å²) in [4.78, 5) is 42.2. The monoisotopic (exact) mass is 598 g/mol. The molecule has 1 fully saturated rings. The van der Waals surface area contributed by atoms with Crippen molar-refractivity contribution in [3.8, 4) is 0 Å². The summed E-state index contributed by atoms with van der Waals surface area (Å²) < 4.78 is 31.7. The predicted octanol–water partition coefficient (Wildman–Crippen LogP) is 1.78. The SMILES string of the molecule is O=S(=O)=O.[CH2-]CCSC(SC)=C1c2ccccc2N(CCCOC(=O)ON2C(=O)CCC2=O)c2ccccc21.[Li+]. The van der Waals surface area contributed by atoms with E-state index in [1.165, 1.54) is 20.9 Å². The Bertz CT molecular complexity index is 1300. The van der Waals surface area contributed by atoms with E-state index in [4.69, 9.17) is 22.2 Å². The van der Waals surface area contributed by atoms with E-state index in [-0.39, 0.29) is 38.3 Å². The molecule has 0 unspecified atom stereocenters. The zero-order valence-corrected chi connectivity index (χ0v) is 24.6. The number of hydrogen-bond acceptors (Lipinski definition) is 11. The van der Waals surface area contributed by atoms with Gasteiger partial charge in [-0.15, -0.1) is 36.2 Å². The van der Waals surface area contributed by atoms with Crippen LogP contribution in [0.1, 0.15) is 36.8 Å². The van der Waals surface area contributed by atoms with Crippen LogP contribution in [0.4, 0.5) is 16.2 Å². The van der Waals surface area contributed by atoms with Gasteiger partial charge in [0.25, 0.3) is 11.8 Å². The second-order valence-corrected chi connectivity index (χ2v) is 10.7. The van der Waals surface area contributed by atoms with Gasteiger partial charge >= 0.3 is 35.6 Å². The maximum absolute atomic E-state index is 12.0. The van der Waals surface area contributed by atoms with Gasteiger partial charge < -0.3 is 16.6 Å². The molecule has 0 saturated carbocycles. The minimum absolute atomic E-state index is 0. The fourth-order valence-corrected chi connectivity index (χ4v) is 5.95. The first-order chi connectivity index (χ1) is 18.8. The quantitative estimate of drug-likeness (QED) is 0.138. The molecule has 2 aliphatic rings. The molecule has 0 spiro atoms. The van der Waals surface area contributed by atoms with Gasteiger partial charge in [-0.05, 0) is 30.6 Å². The van der Waals surface area contributed by atoms with Crippen molar-refractivity contribution < 1.29 is 55.4 Å². The normalized spacial score (nSPS) is 13.4. The molecule has 2 aromatic carbocycles. The molecule has 40 heavy (non-hydrogen) atoms. The Morgan fingerprint density at radius 2 is 1.50 bits per heavy atom. The maximum atomic E-state index is 12.0. The molecule has 14 heteroatoms. The number of amides is 2. The number of nitrogens with zero attached hydrogens (tertiary/aromatic N) is 2. The van der Waals surface area contributed by atoms with E-state index >= 15 is 0 Å². The Morgan fingerprint density at radius 3 is 2.00 bits per heavy atom. The van der Waals surface area contributed by atoms with Crippen LogP contribution in [-0.4, -0.2) is 60.8 Å². The summed E-state index contributed by atoms with van der Waals surface area (Å²) in [5.74, 6) is -0.110. The summed E-state index contributed by atoms with van der Waals surface area (Å²) in [7, 11) is -3.11. The molecule has 0 atom stereocenters. The number of hydroxylamine groups is 2. The molecule has 0 N–H and O–H groups in total. The van der Waals surface area contributed by atoms with Crippen molar-refractivity contribution in [2.45, 2.75) is 25.7 Å². The summed E-state index contributed by atoms with van der Waals surface area (Å²) in [6.07, 6.45) is 2.54. The maximum Gasteiger partial charge on any atom is 1.00 e. The molecule has 10 nitrogen and oxygen atoms in total. The second kappa shape index (κ2) is 16.5. The number of carbonyl (C=O) groups excluding carboxylic acids is 3. The third-order valence-corrected chi connectivity index (χ3v) is 8.00. The van der Waals surface area contributed by atoms with Gasteiger partial charge in [0, 0.05) is 51.7 Å². The van der Waals surface area contributed by atoms with Crippen LogP contribution in [0.5, 0.6) is 0 Å². The average Bonchev–Trinajstić information content (AvgIpc) is 3.23. The van der Waals surface area contributed by atoms with Crippen molar-refractivity contribution >= 4 is 69.1 Å². The van der Waals surface area contributed by atoms with E-state index in [0.717, 1.165) is 23.5 Å². The van der Waals surface area contributed by atoms with Gasteiger partial charge in [0.05, 0.1) is 6.61 Å². The number of anilines is 2. The van der Waals surface area contributed by atoms with Crippen LogP contribution in [0.25, 0.3) is 5.57 Å². The van der Waals surface area contributed by atoms with Gasteiger partial charge in [-0.2, -0.15) is 6.42 Å². The molecule has 2 heterocycles. The first kappa shape index (κ1) is 33.5. The van der Waals surface area contributed by atoms with Crippen LogP contribution >= 0.6 is 23.5 Å². The topological polar surface area (TPSA) is 127 Å². The number of hydrogen-bond donors (Lipinski definition) is 0. The van der Waals surface area contributed by atoms with Crippen molar-refractivity contribution in [2.75, 3.05) is 30.1 Å². The number of carbonyl (C=O) groups is 3. The number of imide groups is 1. The van der Waals surface area contributed by atoms with E-state index in [9.17, 15) is 14.4 Å². The number of fused-ring (bicyclic) bond motifs is 2. The van der Waals surface area contributed by atoms with E-state index in [1.807, 2.05) is 23.9 Å². The zero-order chi connectivity index (χ0) is 28.4. The molecule has 4 rings (SSSR count). The molecule has 2 aromatic rings. The molecule has 1 saturated heterocycles. The summed E-state index contributed by atoms with van der Waals surface area (Å²) in [6, 6.07) is 16.7. The second-order valence-electron chi connectivity index (χ2n) is 8.08. The molecule has 0 radical (unpaired) electrons. The largest absolute Gasteiger partial charge is 1.00 e. The number of para-hydroxylation sites is 2. The van der Waals surface area contributed by atoms with Crippen LogP contribution in [0, 0.1) is 6.92 Å². The summed E-state index contributed by atoms with van der Waals surface area (Å²) in [5, 5.41) is 0.489. The van der Waals surface area contributed by atoms with E-state index in [2.05, 4.69) is 54.5 Å². The number of thioether (sulfide) groups is 2. The van der Waals surface area contributed by atoms with Crippen LogP contribution in [-0.2, 0) is 29.8 Å². The molecule has 0 bridgehead atoms. The van der Waals surface area contributed by atoms with Crippen molar-refractivity contribution in [3.63, 3.8) is 0 Å². The van der Waals surface area contributed by atoms with Gasteiger partial charge in [-0.1, -0.05) is 41.5 Å². The van der Waals surface area contributed by atoms with Crippen LogP contribution in [0.3, 0.4) is 0 Å². The Morgan fingerprint density at radius 1 is 0.975 bits per heavy atom. The Balaban J connectivity index is 0.00000105. The molecule has 2 amide bonds. The molecule has 0 aliphatic carbocycles. The van der Waals surface area contributed by atoms with Crippen molar-refractivity contribution in [3.05, 3.63) is 70.8 Å². The number of benzene rings is 2. The van der Waals surface area contributed by atoms with Crippen LogP contribution < -0.4 is 23.8 Å². The molecule has 0 aromatic heterocycles. The van der Waals surface area contributed by atoms with E-state index in [0.29, 0.717) is 18.0 Å². The molecule has 2 aliphatic heterocycles. The number of ether oxygens (including phenoxy) is 1. The molecular formula is C26H27LiN2O8S3. The van der Waals surface area contributed by atoms with Crippen LogP contribution in [0.15, 0.2) is 52.8 Å². The zero-order valence-electron chi connectivity index (χ0n) is 22.2. The number of rotatable bonds is 9. The Hall–Kier alpha value is -2.69. The molecule has 208 valence electrons. The third kappa shape index (κ3) is 8.65. The first-order valence-corrected chi connectivity index (χ1v) is 15.1. The van der Waals surface area contributed by atoms with Gasteiger partial charge in [0.2, 0.25) is 0 Å². The Labute approximate surface area is 255 Å². The van der Waals surface area contributed by atoms with Crippen LogP contribution in [0.2, 0.25) is 0 Å². The van der Waals surface area contributed by atoms with E-state index < -0.39 is 28.6 Å². The minimum atomic E-state index is -3.11. The first-order valence-electron chi connectivity index (χ1n) is 11.9.